The van der Waals surface area contributed by atoms with Crippen molar-refractivity contribution in [2.45, 2.75) is 58.8 Å². The van der Waals surface area contributed by atoms with Crippen molar-refractivity contribution in [2.24, 2.45) is 0 Å². The zero-order valence-corrected chi connectivity index (χ0v) is 12.1. The first-order chi connectivity index (χ1) is 9.04. The lowest BCUT2D eigenvalue weighted by atomic mass is 10.2. The van der Waals surface area contributed by atoms with Crippen LogP contribution < -0.4 is 10.6 Å². The lowest BCUT2D eigenvalue weighted by molar-refractivity contribution is 0.193. The van der Waals surface area contributed by atoms with Gasteiger partial charge in [0.25, 0.3) is 0 Å². The first-order valence-corrected chi connectivity index (χ1v) is 6.98. The van der Waals surface area contributed by atoms with Crippen LogP contribution >= 0.6 is 0 Å². The summed E-state index contributed by atoms with van der Waals surface area (Å²) in [6, 6.07) is 0. The van der Waals surface area contributed by atoms with Crippen LogP contribution in [0, 0.1) is 0 Å². The third-order valence-electron chi connectivity index (χ3n) is 2.36. The van der Waals surface area contributed by atoms with E-state index in [1.165, 1.54) is 12.8 Å². The maximum Gasteiger partial charge on any atom is 0.404 e. The first kappa shape index (κ1) is 19.9. The quantitative estimate of drug-likeness (QED) is 0.486. The Kier molecular flexibility index (Phi) is 17.3. The predicted molar refractivity (Wildman–Crippen MR) is 75.7 cm³/mol. The Hall–Kier alpha value is -1.46. The molecular formula is C13H28N2O4. The maximum absolute atomic E-state index is 9.92. The number of carboxylic acid groups (broad SMARTS) is 2. The van der Waals surface area contributed by atoms with E-state index in [-0.39, 0.29) is 0 Å². The molecule has 2 amide bonds. The molecule has 0 fully saturated rings. The van der Waals surface area contributed by atoms with Crippen molar-refractivity contribution >= 4 is 12.2 Å². The van der Waals surface area contributed by atoms with Gasteiger partial charge in [0.1, 0.15) is 0 Å². The number of rotatable bonds is 9. The Labute approximate surface area is 115 Å². The Morgan fingerprint density at radius 3 is 1.47 bits per heavy atom. The van der Waals surface area contributed by atoms with Crippen molar-refractivity contribution < 1.29 is 19.8 Å². The average molecular weight is 276 g/mol. The minimum atomic E-state index is -0.925. The molecular weight excluding hydrogens is 248 g/mol. The van der Waals surface area contributed by atoms with Crippen LogP contribution in [0.3, 0.4) is 0 Å². The van der Waals surface area contributed by atoms with Crippen molar-refractivity contribution in [3.8, 4) is 0 Å². The zero-order chi connectivity index (χ0) is 14.9. The largest absolute Gasteiger partial charge is 0.465 e. The molecule has 0 aromatic carbocycles. The summed E-state index contributed by atoms with van der Waals surface area (Å²) in [7, 11) is 0. The normalized spacial score (nSPS) is 9.16. The van der Waals surface area contributed by atoms with E-state index in [1.807, 2.05) is 0 Å². The van der Waals surface area contributed by atoms with Crippen LogP contribution in [0.1, 0.15) is 58.8 Å². The highest BCUT2D eigenvalue weighted by molar-refractivity contribution is 5.64. The van der Waals surface area contributed by atoms with Gasteiger partial charge in [-0.3, -0.25) is 0 Å². The lowest BCUT2D eigenvalue weighted by Crippen LogP contribution is -2.21. The van der Waals surface area contributed by atoms with Gasteiger partial charge in [-0.05, 0) is 12.8 Å². The molecule has 0 bridgehead atoms. The van der Waals surface area contributed by atoms with Gasteiger partial charge in [-0.1, -0.05) is 46.0 Å². The molecule has 0 aliphatic carbocycles. The predicted octanol–water partition coefficient (Wildman–Crippen LogP) is 3.28. The average Bonchev–Trinajstić information content (AvgIpc) is 2.35. The third-order valence-corrected chi connectivity index (χ3v) is 2.36. The van der Waals surface area contributed by atoms with E-state index in [4.69, 9.17) is 10.2 Å². The highest BCUT2D eigenvalue weighted by atomic mass is 16.4. The molecule has 0 radical (unpaired) electrons. The van der Waals surface area contributed by atoms with Crippen LogP contribution in [-0.4, -0.2) is 35.5 Å². The number of amides is 2. The zero-order valence-electron chi connectivity index (χ0n) is 12.1. The summed E-state index contributed by atoms with van der Waals surface area (Å²) >= 11 is 0. The summed E-state index contributed by atoms with van der Waals surface area (Å²) in [5, 5.41) is 20.9. The van der Waals surface area contributed by atoms with E-state index in [9.17, 15) is 9.59 Å². The SMILES string of the molecule is CCCCCCNC(=O)O.CCCCCNC(=O)O. The minimum Gasteiger partial charge on any atom is -0.465 e. The summed E-state index contributed by atoms with van der Waals surface area (Å²) in [6.45, 7) is 5.39. The fraction of sp³-hybridized carbons (Fsp3) is 0.846. The number of carbonyl (C=O) groups is 2. The maximum atomic E-state index is 9.92. The molecule has 0 unspecified atom stereocenters. The third kappa shape index (κ3) is 26.3. The molecule has 6 nitrogen and oxygen atoms in total. The van der Waals surface area contributed by atoms with Gasteiger partial charge in [0.2, 0.25) is 0 Å². The molecule has 6 heteroatoms. The van der Waals surface area contributed by atoms with Crippen molar-refractivity contribution in [3.63, 3.8) is 0 Å². The Balaban J connectivity index is 0. The van der Waals surface area contributed by atoms with Crippen LogP contribution in [-0.2, 0) is 0 Å². The fourth-order valence-electron chi connectivity index (χ4n) is 1.32. The molecule has 0 spiro atoms. The van der Waals surface area contributed by atoms with Gasteiger partial charge in [0.15, 0.2) is 0 Å². The molecule has 0 aliphatic rings. The van der Waals surface area contributed by atoms with Crippen molar-refractivity contribution in [1.29, 1.82) is 0 Å². The molecule has 0 saturated heterocycles. The molecule has 19 heavy (non-hydrogen) atoms. The van der Waals surface area contributed by atoms with Crippen LogP contribution in [0.4, 0.5) is 9.59 Å². The van der Waals surface area contributed by atoms with Crippen LogP contribution in [0.2, 0.25) is 0 Å². The van der Waals surface area contributed by atoms with Crippen LogP contribution in [0.25, 0.3) is 0 Å². The summed E-state index contributed by atoms with van der Waals surface area (Å²) in [5.41, 5.74) is 0. The van der Waals surface area contributed by atoms with E-state index in [1.54, 1.807) is 0 Å². The highest BCUT2D eigenvalue weighted by Gasteiger charge is 1.91. The summed E-state index contributed by atoms with van der Waals surface area (Å²) < 4.78 is 0. The van der Waals surface area contributed by atoms with Gasteiger partial charge in [0, 0.05) is 13.1 Å². The van der Waals surface area contributed by atoms with Gasteiger partial charge < -0.3 is 20.8 Å². The summed E-state index contributed by atoms with van der Waals surface area (Å²) in [6.07, 6.45) is 5.79. The molecule has 0 heterocycles. The lowest BCUT2D eigenvalue weighted by Gasteiger charge is -1.98. The second-order valence-corrected chi connectivity index (χ2v) is 4.23. The summed E-state index contributed by atoms with van der Waals surface area (Å²) in [4.78, 5) is 19.8. The summed E-state index contributed by atoms with van der Waals surface area (Å²) in [5.74, 6) is 0. The molecule has 0 aliphatic heterocycles. The molecule has 0 aromatic heterocycles. The van der Waals surface area contributed by atoms with Gasteiger partial charge in [-0.2, -0.15) is 0 Å². The van der Waals surface area contributed by atoms with E-state index in [2.05, 4.69) is 24.5 Å². The number of hydrogen-bond acceptors (Lipinski definition) is 2. The van der Waals surface area contributed by atoms with Gasteiger partial charge >= 0.3 is 12.2 Å². The van der Waals surface area contributed by atoms with Gasteiger partial charge in [0.05, 0.1) is 0 Å². The van der Waals surface area contributed by atoms with Crippen molar-refractivity contribution in [3.05, 3.63) is 0 Å². The Bertz CT molecular complexity index is 223. The number of hydrogen-bond donors (Lipinski definition) is 4. The molecule has 0 rings (SSSR count). The fourth-order valence-corrected chi connectivity index (χ4v) is 1.32. The monoisotopic (exact) mass is 276 g/mol. The molecule has 0 atom stereocenters. The molecule has 0 saturated carbocycles. The van der Waals surface area contributed by atoms with E-state index >= 15 is 0 Å². The highest BCUT2D eigenvalue weighted by Crippen LogP contribution is 1.96. The van der Waals surface area contributed by atoms with E-state index < -0.39 is 12.2 Å². The second-order valence-electron chi connectivity index (χ2n) is 4.23. The molecule has 0 aromatic rings. The Morgan fingerprint density at radius 2 is 1.11 bits per heavy atom. The van der Waals surface area contributed by atoms with Crippen molar-refractivity contribution in [1.82, 2.24) is 10.6 Å². The van der Waals surface area contributed by atoms with Crippen LogP contribution in [0.5, 0.6) is 0 Å². The smallest absolute Gasteiger partial charge is 0.404 e. The Morgan fingerprint density at radius 1 is 0.737 bits per heavy atom. The standard InChI is InChI=1S/C7H15NO2.C6H13NO2/c1-2-3-4-5-6-8-7(9)10;1-2-3-4-5-7-6(8)9/h8H,2-6H2,1H3,(H,9,10);7H,2-5H2,1H3,(H,8,9). The topological polar surface area (TPSA) is 98.7 Å². The number of nitrogens with one attached hydrogen (secondary N) is 2. The van der Waals surface area contributed by atoms with Crippen LogP contribution in [0.15, 0.2) is 0 Å². The second kappa shape index (κ2) is 16.5. The minimum absolute atomic E-state index is 0.586. The van der Waals surface area contributed by atoms with E-state index in [0.717, 1.165) is 32.1 Å². The van der Waals surface area contributed by atoms with Gasteiger partial charge in [-0.25, -0.2) is 9.59 Å². The first-order valence-electron chi connectivity index (χ1n) is 6.98. The van der Waals surface area contributed by atoms with E-state index in [0.29, 0.717) is 13.1 Å². The van der Waals surface area contributed by atoms with Gasteiger partial charge in [-0.15, -0.1) is 0 Å². The molecule has 114 valence electrons. The van der Waals surface area contributed by atoms with Crippen molar-refractivity contribution in [2.75, 3.05) is 13.1 Å². The molecule has 4 N–H and O–H groups in total. The number of unbranched alkanes of at least 4 members (excludes halogenated alkanes) is 5.